The van der Waals surface area contributed by atoms with Crippen LogP contribution < -0.4 is 5.32 Å². The Morgan fingerprint density at radius 3 is 2.38 bits per heavy atom. The van der Waals surface area contributed by atoms with Gasteiger partial charge in [0.1, 0.15) is 29.0 Å². The van der Waals surface area contributed by atoms with Crippen molar-refractivity contribution in [3.05, 3.63) is 44.1 Å². The highest BCUT2D eigenvalue weighted by molar-refractivity contribution is 9.10. The minimum absolute atomic E-state index is 0.410. The number of rotatable bonds is 3. The van der Waals surface area contributed by atoms with E-state index in [2.05, 4.69) is 15.9 Å². The molecule has 0 aliphatic heterocycles. The highest BCUT2D eigenvalue weighted by Gasteiger charge is 2.39. The molecule has 0 atom stereocenters. The number of hydrogen-bond donors (Lipinski definition) is 1. The Morgan fingerprint density at radius 2 is 1.95 bits per heavy atom. The van der Waals surface area contributed by atoms with E-state index in [1.807, 2.05) is 5.32 Å². The van der Waals surface area contributed by atoms with E-state index in [9.17, 15) is 23.3 Å². The number of alkyl halides is 3. The molecule has 0 aliphatic rings. The molecule has 0 unspecified atom stereocenters. The lowest BCUT2D eigenvalue weighted by atomic mass is 10.1. The molecular formula is C11H4BrF3N4O2. The normalized spacial score (nSPS) is 10.2. The molecule has 1 N–H and O–H groups in total. The van der Waals surface area contributed by atoms with E-state index in [1.165, 1.54) is 12.1 Å². The zero-order chi connectivity index (χ0) is 16.2. The summed E-state index contributed by atoms with van der Waals surface area (Å²) in [6, 6.07) is 4.60. The zero-order valence-corrected chi connectivity index (χ0v) is 11.5. The maximum atomic E-state index is 13.0. The second kappa shape index (κ2) is 6.24. The largest absolute Gasteiger partial charge is 0.419 e. The maximum absolute atomic E-state index is 13.0. The first-order valence-corrected chi connectivity index (χ1v) is 5.82. The Morgan fingerprint density at radius 1 is 1.38 bits per heavy atom. The number of nitrogens with one attached hydrogen (secondary N) is 1. The predicted octanol–water partition coefficient (Wildman–Crippen LogP) is 3.72. The van der Waals surface area contributed by atoms with Crippen molar-refractivity contribution in [3.63, 3.8) is 0 Å². The smallest absolute Gasteiger partial charge is 0.354 e. The summed E-state index contributed by atoms with van der Waals surface area (Å²) in [6.07, 6.45) is -4.20. The second-order valence-electron chi connectivity index (χ2n) is 3.50. The summed E-state index contributed by atoms with van der Waals surface area (Å²) in [5.41, 5.74) is -3.53. The number of halogens is 4. The van der Waals surface area contributed by atoms with Crippen molar-refractivity contribution in [2.75, 3.05) is 5.32 Å². The van der Waals surface area contributed by atoms with E-state index >= 15 is 0 Å². The van der Waals surface area contributed by atoms with Crippen LogP contribution >= 0.6 is 15.9 Å². The molecule has 10 heteroatoms. The molecule has 0 amide bonds. The van der Waals surface area contributed by atoms with Gasteiger partial charge in [0.25, 0.3) is 5.69 Å². The van der Waals surface area contributed by atoms with Gasteiger partial charge in [0.2, 0.25) is 0 Å². The van der Waals surface area contributed by atoms with Crippen LogP contribution in [0.4, 0.5) is 24.5 Å². The van der Waals surface area contributed by atoms with Crippen LogP contribution in [0.1, 0.15) is 5.56 Å². The lowest BCUT2D eigenvalue weighted by Crippen LogP contribution is -2.11. The lowest BCUT2D eigenvalue weighted by Gasteiger charge is -2.14. The molecular weight excluding hydrogens is 357 g/mol. The van der Waals surface area contributed by atoms with Crippen LogP contribution in [0.15, 0.2) is 28.4 Å². The summed E-state index contributed by atoms with van der Waals surface area (Å²) in [5, 5.41) is 29.9. The fourth-order valence-corrected chi connectivity index (χ4v) is 1.93. The van der Waals surface area contributed by atoms with Gasteiger partial charge in [0.05, 0.1) is 4.92 Å². The number of nitro groups is 1. The molecule has 0 radical (unpaired) electrons. The van der Waals surface area contributed by atoms with Gasteiger partial charge in [-0.2, -0.15) is 23.7 Å². The monoisotopic (exact) mass is 360 g/mol. The van der Waals surface area contributed by atoms with Crippen LogP contribution in [0.5, 0.6) is 0 Å². The Bertz CT molecular complexity index is 685. The topological polar surface area (TPSA) is 103 Å². The standard InChI is InChI=1S/C11H4BrF3N4O2/c12-7-1-2-8(19(20)21)10(9(7)11(13,14)15)18-5-6(3-16)4-17/h1-2,5,18H. The van der Waals surface area contributed by atoms with E-state index in [-0.39, 0.29) is 0 Å². The molecule has 21 heavy (non-hydrogen) atoms. The summed E-state index contributed by atoms with van der Waals surface area (Å²) in [5.74, 6) is 0. The zero-order valence-electron chi connectivity index (χ0n) is 9.90. The fourth-order valence-electron chi connectivity index (χ4n) is 1.38. The van der Waals surface area contributed by atoms with E-state index in [4.69, 9.17) is 10.5 Å². The Hall–Kier alpha value is -2.59. The van der Waals surface area contributed by atoms with E-state index in [0.29, 0.717) is 6.20 Å². The number of anilines is 1. The third-order valence-corrected chi connectivity index (χ3v) is 2.88. The highest BCUT2D eigenvalue weighted by atomic mass is 79.9. The Labute approximate surface area is 124 Å². The van der Waals surface area contributed by atoms with Crippen molar-refractivity contribution < 1.29 is 18.1 Å². The molecule has 0 bridgehead atoms. The summed E-state index contributed by atoms with van der Waals surface area (Å²) >= 11 is 2.67. The van der Waals surface area contributed by atoms with E-state index in [1.54, 1.807) is 0 Å². The van der Waals surface area contributed by atoms with Gasteiger partial charge in [-0.15, -0.1) is 0 Å². The first kappa shape index (κ1) is 16.5. The van der Waals surface area contributed by atoms with Crippen LogP contribution in [0.25, 0.3) is 0 Å². The maximum Gasteiger partial charge on any atom is 0.419 e. The van der Waals surface area contributed by atoms with Gasteiger partial charge in [-0.25, -0.2) is 0 Å². The van der Waals surface area contributed by atoms with Crippen LogP contribution in [-0.4, -0.2) is 4.92 Å². The molecule has 1 aromatic carbocycles. The first-order valence-electron chi connectivity index (χ1n) is 5.03. The molecule has 6 nitrogen and oxygen atoms in total. The van der Waals surface area contributed by atoms with Gasteiger partial charge in [-0.05, 0) is 6.07 Å². The Kier molecular flexibility index (Phi) is 4.89. The summed E-state index contributed by atoms with van der Waals surface area (Å²) < 4.78 is 38.6. The number of benzene rings is 1. The second-order valence-corrected chi connectivity index (χ2v) is 4.35. The molecule has 0 spiro atoms. The molecule has 0 aromatic heterocycles. The van der Waals surface area contributed by atoms with Gasteiger partial charge in [0.15, 0.2) is 0 Å². The molecule has 0 saturated heterocycles. The number of nitro benzene ring substituents is 1. The average molecular weight is 361 g/mol. The van der Waals surface area contributed by atoms with Crippen LogP contribution in [0.2, 0.25) is 0 Å². The van der Waals surface area contributed by atoms with Crippen molar-refractivity contribution in [1.29, 1.82) is 10.5 Å². The third kappa shape index (κ3) is 3.70. The van der Waals surface area contributed by atoms with Gasteiger partial charge < -0.3 is 5.32 Å². The minimum Gasteiger partial charge on any atom is -0.354 e. The summed E-state index contributed by atoms with van der Waals surface area (Å²) in [4.78, 5) is 9.82. The van der Waals surface area contributed by atoms with Crippen LogP contribution in [-0.2, 0) is 6.18 Å². The van der Waals surface area contributed by atoms with E-state index < -0.39 is 38.1 Å². The fraction of sp³-hybridized carbons (Fsp3) is 0.0909. The SMILES string of the molecule is N#CC(C#N)=CNc1c([N+](=O)[O-])ccc(Br)c1C(F)(F)F. The Balaban J connectivity index is 3.56. The number of nitriles is 2. The van der Waals surface area contributed by atoms with Gasteiger partial charge in [-0.3, -0.25) is 10.1 Å². The van der Waals surface area contributed by atoms with Crippen molar-refractivity contribution in [3.8, 4) is 12.1 Å². The quantitative estimate of drug-likeness (QED) is 0.502. The lowest BCUT2D eigenvalue weighted by molar-refractivity contribution is -0.384. The predicted molar refractivity (Wildman–Crippen MR) is 68.7 cm³/mol. The van der Waals surface area contributed by atoms with Gasteiger partial charge >= 0.3 is 6.18 Å². The number of nitrogens with zero attached hydrogens (tertiary/aromatic N) is 3. The van der Waals surface area contributed by atoms with Gasteiger partial charge in [0, 0.05) is 16.7 Å². The van der Waals surface area contributed by atoms with Crippen molar-refractivity contribution >= 4 is 27.3 Å². The van der Waals surface area contributed by atoms with Crippen molar-refractivity contribution in [2.24, 2.45) is 0 Å². The first-order chi connectivity index (χ1) is 9.72. The molecule has 0 saturated carbocycles. The van der Waals surface area contributed by atoms with E-state index in [0.717, 1.165) is 12.1 Å². The minimum atomic E-state index is -4.87. The van der Waals surface area contributed by atoms with Crippen LogP contribution in [0.3, 0.4) is 0 Å². The average Bonchev–Trinajstić information content (AvgIpc) is 2.37. The summed E-state index contributed by atoms with van der Waals surface area (Å²) in [6.45, 7) is 0. The number of hydrogen-bond acceptors (Lipinski definition) is 5. The molecule has 1 rings (SSSR count). The van der Waals surface area contributed by atoms with Crippen molar-refractivity contribution in [2.45, 2.75) is 6.18 Å². The van der Waals surface area contributed by atoms with Gasteiger partial charge in [-0.1, -0.05) is 15.9 Å². The molecule has 1 aromatic rings. The molecule has 0 heterocycles. The molecule has 108 valence electrons. The van der Waals surface area contributed by atoms with Crippen LogP contribution in [0, 0.1) is 32.8 Å². The summed E-state index contributed by atoms with van der Waals surface area (Å²) in [7, 11) is 0. The molecule has 0 fully saturated rings. The highest BCUT2D eigenvalue weighted by Crippen LogP contribution is 2.44. The van der Waals surface area contributed by atoms with Crippen molar-refractivity contribution in [1.82, 2.24) is 0 Å². The molecule has 0 aliphatic carbocycles. The third-order valence-electron chi connectivity index (χ3n) is 2.21. The number of allylic oxidation sites excluding steroid dienone is 1.